The summed E-state index contributed by atoms with van der Waals surface area (Å²) in [6.07, 6.45) is 1.51. The van der Waals surface area contributed by atoms with Crippen LogP contribution in [0.15, 0.2) is 29.3 Å². The zero-order chi connectivity index (χ0) is 15.9. The lowest BCUT2D eigenvalue weighted by molar-refractivity contribution is -0.146. The number of aliphatic imine (C=N–C) groups is 1. The number of esters is 1. The molecule has 0 amide bonds. The number of ether oxygens (including phenoxy) is 1. The van der Waals surface area contributed by atoms with E-state index in [1.807, 2.05) is 6.07 Å². The number of nitrogens with zero attached hydrogens (tertiary/aromatic N) is 2. The highest BCUT2D eigenvalue weighted by Crippen LogP contribution is 2.18. The molecule has 2 rings (SSSR count). The Morgan fingerprint density at radius 3 is 2.70 bits per heavy atom. The van der Waals surface area contributed by atoms with Crippen LogP contribution in [-0.2, 0) is 16.1 Å². The maximum Gasteiger partial charge on any atom is 0.308 e. The van der Waals surface area contributed by atoms with Gasteiger partial charge >= 0.3 is 5.97 Å². The molecular weight excluding hydrogens is 412 g/mol. The van der Waals surface area contributed by atoms with Crippen LogP contribution in [0.3, 0.4) is 0 Å². The molecule has 1 aromatic carbocycles. The van der Waals surface area contributed by atoms with Gasteiger partial charge in [0.2, 0.25) is 0 Å². The third-order valence-corrected chi connectivity index (χ3v) is 3.88. The van der Waals surface area contributed by atoms with Crippen molar-refractivity contribution in [2.24, 2.45) is 10.9 Å². The predicted octanol–water partition coefficient (Wildman–Crippen LogP) is 2.40. The lowest BCUT2D eigenvalue weighted by Crippen LogP contribution is -2.46. The molecule has 0 radical (unpaired) electrons. The number of hydrogen-bond donors (Lipinski definition) is 1. The molecule has 0 bridgehead atoms. The topological polar surface area (TPSA) is 53.9 Å². The largest absolute Gasteiger partial charge is 0.469 e. The van der Waals surface area contributed by atoms with Gasteiger partial charge in [0.25, 0.3) is 0 Å². The first kappa shape index (κ1) is 19.7. The van der Waals surface area contributed by atoms with Gasteiger partial charge in [-0.3, -0.25) is 9.79 Å². The smallest absolute Gasteiger partial charge is 0.308 e. The molecule has 1 fully saturated rings. The third kappa shape index (κ3) is 5.63. The summed E-state index contributed by atoms with van der Waals surface area (Å²) in [5, 5.41) is 3.23. The minimum Gasteiger partial charge on any atom is -0.469 e. The molecule has 1 aliphatic heterocycles. The predicted molar refractivity (Wildman–Crippen MR) is 98.3 cm³/mol. The van der Waals surface area contributed by atoms with E-state index in [0.717, 1.165) is 37.5 Å². The van der Waals surface area contributed by atoms with Gasteiger partial charge in [-0.1, -0.05) is 12.1 Å². The molecule has 7 heteroatoms. The van der Waals surface area contributed by atoms with Crippen LogP contribution in [0.5, 0.6) is 0 Å². The number of piperidine rings is 1. The van der Waals surface area contributed by atoms with E-state index in [2.05, 4.69) is 15.2 Å². The molecule has 0 spiro atoms. The summed E-state index contributed by atoms with van der Waals surface area (Å²) in [6, 6.07) is 6.49. The number of likely N-dealkylation sites (tertiary alicyclic amines) is 1. The highest BCUT2D eigenvalue weighted by molar-refractivity contribution is 14.0. The average molecular weight is 435 g/mol. The Labute approximate surface area is 153 Å². The molecule has 23 heavy (non-hydrogen) atoms. The normalized spacial score (nSPS) is 15.8. The van der Waals surface area contributed by atoms with E-state index >= 15 is 0 Å². The van der Waals surface area contributed by atoms with Crippen molar-refractivity contribution in [1.82, 2.24) is 10.2 Å². The Balaban J connectivity index is 0.00000264. The second-order valence-corrected chi connectivity index (χ2v) is 5.32. The minimum absolute atomic E-state index is 0. The highest BCUT2D eigenvalue weighted by atomic mass is 127. The molecule has 1 aliphatic rings. The fourth-order valence-electron chi connectivity index (χ4n) is 2.65. The molecule has 0 aliphatic carbocycles. The molecule has 1 saturated heterocycles. The summed E-state index contributed by atoms with van der Waals surface area (Å²) in [6.45, 7) is 2.02. The number of nitrogens with one attached hydrogen (secondary N) is 1. The number of hydrogen-bond acceptors (Lipinski definition) is 3. The number of benzene rings is 1. The van der Waals surface area contributed by atoms with Crippen LogP contribution in [0.1, 0.15) is 18.4 Å². The van der Waals surface area contributed by atoms with Gasteiger partial charge in [0.15, 0.2) is 5.96 Å². The van der Waals surface area contributed by atoms with Crippen molar-refractivity contribution in [1.29, 1.82) is 0 Å². The van der Waals surface area contributed by atoms with E-state index in [1.54, 1.807) is 13.1 Å². The molecule has 128 valence electrons. The molecule has 0 unspecified atom stereocenters. The third-order valence-electron chi connectivity index (χ3n) is 3.88. The first-order valence-corrected chi connectivity index (χ1v) is 7.42. The Morgan fingerprint density at radius 2 is 2.13 bits per heavy atom. The van der Waals surface area contributed by atoms with Crippen molar-refractivity contribution in [2.45, 2.75) is 19.4 Å². The van der Waals surface area contributed by atoms with Crippen molar-refractivity contribution >= 4 is 35.9 Å². The minimum atomic E-state index is -0.242. The van der Waals surface area contributed by atoms with Crippen molar-refractivity contribution in [3.8, 4) is 0 Å². The maximum absolute atomic E-state index is 13.2. The Morgan fingerprint density at radius 1 is 1.43 bits per heavy atom. The fourth-order valence-corrected chi connectivity index (χ4v) is 2.65. The lowest BCUT2D eigenvalue weighted by Gasteiger charge is -2.33. The van der Waals surface area contributed by atoms with Crippen LogP contribution in [0.4, 0.5) is 4.39 Å². The summed E-state index contributed by atoms with van der Waals surface area (Å²) in [4.78, 5) is 17.9. The summed E-state index contributed by atoms with van der Waals surface area (Å²) in [5.74, 6) is 0.366. The van der Waals surface area contributed by atoms with Gasteiger partial charge in [0, 0.05) is 26.7 Å². The van der Waals surface area contributed by atoms with Crippen LogP contribution in [0.2, 0.25) is 0 Å². The number of rotatable bonds is 3. The molecule has 1 heterocycles. The zero-order valence-electron chi connectivity index (χ0n) is 13.4. The molecule has 0 atom stereocenters. The summed E-state index contributed by atoms with van der Waals surface area (Å²) >= 11 is 0. The molecule has 0 saturated carbocycles. The monoisotopic (exact) mass is 435 g/mol. The van der Waals surface area contributed by atoms with Gasteiger partial charge in [0.1, 0.15) is 5.82 Å². The standard InChI is InChI=1S/C16H22FN3O2.HI/c1-18-16(19-11-12-4-3-5-14(17)10-12)20-8-6-13(7-9-20)15(21)22-2;/h3-5,10,13H,6-9,11H2,1-2H3,(H,18,19);1H. The van der Waals surface area contributed by atoms with Gasteiger partial charge in [-0.25, -0.2) is 4.39 Å². The van der Waals surface area contributed by atoms with E-state index in [1.165, 1.54) is 19.2 Å². The van der Waals surface area contributed by atoms with E-state index < -0.39 is 0 Å². The summed E-state index contributed by atoms with van der Waals surface area (Å²) < 4.78 is 18.0. The molecule has 1 aromatic rings. The fraction of sp³-hybridized carbons (Fsp3) is 0.500. The average Bonchev–Trinajstić information content (AvgIpc) is 2.55. The van der Waals surface area contributed by atoms with Crippen LogP contribution in [0.25, 0.3) is 0 Å². The van der Waals surface area contributed by atoms with Crippen molar-refractivity contribution in [2.75, 3.05) is 27.2 Å². The molecule has 1 N–H and O–H groups in total. The van der Waals surface area contributed by atoms with E-state index in [-0.39, 0.29) is 41.7 Å². The van der Waals surface area contributed by atoms with Crippen LogP contribution >= 0.6 is 24.0 Å². The molecular formula is C16H23FIN3O2. The van der Waals surface area contributed by atoms with E-state index in [4.69, 9.17) is 4.74 Å². The Bertz CT molecular complexity index is 546. The van der Waals surface area contributed by atoms with Gasteiger partial charge in [-0.15, -0.1) is 24.0 Å². The van der Waals surface area contributed by atoms with E-state index in [0.29, 0.717) is 6.54 Å². The Hall–Kier alpha value is -1.38. The quantitative estimate of drug-likeness (QED) is 0.343. The van der Waals surface area contributed by atoms with Crippen LogP contribution < -0.4 is 5.32 Å². The van der Waals surface area contributed by atoms with Crippen molar-refractivity contribution in [3.63, 3.8) is 0 Å². The van der Waals surface area contributed by atoms with Gasteiger partial charge in [-0.2, -0.15) is 0 Å². The number of methoxy groups -OCH3 is 1. The van der Waals surface area contributed by atoms with Gasteiger partial charge < -0.3 is 15.0 Å². The highest BCUT2D eigenvalue weighted by Gasteiger charge is 2.26. The van der Waals surface area contributed by atoms with E-state index in [9.17, 15) is 9.18 Å². The summed E-state index contributed by atoms with van der Waals surface area (Å²) in [5.41, 5.74) is 0.866. The van der Waals surface area contributed by atoms with Gasteiger partial charge in [0.05, 0.1) is 13.0 Å². The summed E-state index contributed by atoms with van der Waals surface area (Å²) in [7, 11) is 3.15. The molecule has 0 aromatic heterocycles. The number of guanidine groups is 1. The number of halogens is 2. The van der Waals surface area contributed by atoms with Crippen LogP contribution in [0, 0.1) is 11.7 Å². The second kappa shape index (κ2) is 9.69. The number of carbonyl (C=O) groups is 1. The second-order valence-electron chi connectivity index (χ2n) is 5.32. The first-order valence-electron chi connectivity index (χ1n) is 7.42. The zero-order valence-corrected chi connectivity index (χ0v) is 15.7. The lowest BCUT2D eigenvalue weighted by atomic mass is 9.97. The number of carbonyl (C=O) groups excluding carboxylic acids is 1. The molecule has 5 nitrogen and oxygen atoms in total. The SMILES string of the molecule is CN=C(NCc1cccc(F)c1)N1CCC(C(=O)OC)CC1.I. The first-order chi connectivity index (χ1) is 10.6. The van der Waals surface area contributed by atoms with Crippen molar-refractivity contribution in [3.05, 3.63) is 35.6 Å². The van der Waals surface area contributed by atoms with Gasteiger partial charge in [-0.05, 0) is 30.5 Å². The maximum atomic E-state index is 13.2. The van der Waals surface area contributed by atoms with Crippen molar-refractivity contribution < 1.29 is 13.9 Å². The van der Waals surface area contributed by atoms with Crippen LogP contribution in [-0.4, -0.2) is 44.1 Å². The Kier molecular flexibility index (Phi) is 8.29.